The first kappa shape index (κ1) is 20.0. The van der Waals surface area contributed by atoms with Crippen molar-refractivity contribution in [2.75, 3.05) is 20.1 Å². The van der Waals surface area contributed by atoms with Crippen LogP contribution in [0.1, 0.15) is 80.6 Å². The van der Waals surface area contributed by atoms with Crippen LogP contribution in [0, 0.1) is 0 Å². The number of hydrogen-bond donors (Lipinski definition) is 1. The van der Waals surface area contributed by atoms with E-state index in [1.54, 1.807) is 0 Å². The molecule has 3 nitrogen and oxygen atoms in total. The summed E-state index contributed by atoms with van der Waals surface area (Å²) in [6.45, 7) is 4.20. The molecular formula is C22H36N2O. The average Bonchev–Trinajstić information content (AvgIpc) is 3.18. The zero-order valence-corrected chi connectivity index (χ0v) is 16.2. The molecule has 1 aromatic carbocycles. The van der Waals surface area contributed by atoms with Crippen molar-refractivity contribution in [1.29, 1.82) is 0 Å². The van der Waals surface area contributed by atoms with Crippen LogP contribution < -0.4 is 5.32 Å². The second kappa shape index (κ2) is 11.3. The topological polar surface area (TPSA) is 32.3 Å². The summed E-state index contributed by atoms with van der Waals surface area (Å²) in [7, 11) is 1.93. The third kappa shape index (κ3) is 6.81. The summed E-state index contributed by atoms with van der Waals surface area (Å²) in [5, 5.41) is 3.32. The molecule has 2 rings (SSSR count). The molecule has 1 heterocycles. The fraction of sp³-hybridized carbons (Fsp3) is 0.682. The van der Waals surface area contributed by atoms with Crippen molar-refractivity contribution in [1.82, 2.24) is 10.2 Å². The molecule has 25 heavy (non-hydrogen) atoms. The van der Waals surface area contributed by atoms with Gasteiger partial charge in [0.05, 0.1) is 0 Å². The van der Waals surface area contributed by atoms with Gasteiger partial charge in [-0.1, -0.05) is 64.0 Å². The molecule has 1 amide bonds. The van der Waals surface area contributed by atoms with Gasteiger partial charge in [0.1, 0.15) is 0 Å². The van der Waals surface area contributed by atoms with E-state index in [1.807, 2.05) is 24.1 Å². The number of likely N-dealkylation sites (N-methyl/N-ethyl adjacent to an activating group) is 1. The van der Waals surface area contributed by atoms with Gasteiger partial charge in [-0.15, -0.1) is 0 Å². The lowest BCUT2D eigenvalue weighted by molar-refractivity contribution is 0.0744. The van der Waals surface area contributed by atoms with Gasteiger partial charge in [-0.05, 0) is 43.5 Å². The van der Waals surface area contributed by atoms with E-state index in [0.717, 1.165) is 31.5 Å². The summed E-state index contributed by atoms with van der Waals surface area (Å²) >= 11 is 0. The van der Waals surface area contributed by atoms with E-state index >= 15 is 0 Å². The normalized spacial score (nSPS) is 17.0. The van der Waals surface area contributed by atoms with Gasteiger partial charge in [0, 0.05) is 25.2 Å². The predicted molar refractivity (Wildman–Crippen MR) is 106 cm³/mol. The maximum Gasteiger partial charge on any atom is 0.253 e. The number of amides is 1. The highest BCUT2D eigenvalue weighted by Crippen LogP contribution is 2.15. The molecule has 0 aliphatic carbocycles. The van der Waals surface area contributed by atoms with Crippen molar-refractivity contribution >= 4 is 5.91 Å². The van der Waals surface area contributed by atoms with Crippen LogP contribution in [0.2, 0.25) is 0 Å². The highest BCUT2D eigenvalue weighted by molar-refractivity contribution is 5.94. The van der Waals surface area contributed by atoms with Gasteiger partial charge >= 0.3 is 0 Å². The summed E-state index contributed by atoms with van der Waals surface area (Å²) in [6.07, 6.45) is 13.0. The van der Waals surface area contributed by atoms with Gasteiger partial charge in [0.25, 0.3) is 5.91 Å². The average molecular weight is 345 g/mol. The molecule has 1 unspecified atom stereocenters. The van der Waals surface area contributed by atoms with Crippen LogP contribution in [-0.2, 0) is 6.42 Å². The van der Waals surface area contributed by atoms with Gasteiger partial charge in [0.15, 0.2) is 0 Å². The Hall–Kier alpha value is -1.35. The second-order valence-electron chi connectivity index (χ2n) is 7.48. The molecule has 1 fully saturated rings. The molecule has 1 aliphatic heterocycles. The van der Waals surface area contributed by atoms with Crippen LogP contribution in [0.3, 0.4) is 0 Å². The molecule has 3 heteroatoms. The number of nitrogens with one attached hydrogen (secondary N) is 1. The molecule has 0 saturated carbocycles. The second-order valence-corrected chi connectivity index (χ2v) is 7.48. The first-order chi connectivity index (χ1) is 12.2. The quantitative estimate of drug-likeness (QED) is 0.585. The lowest BCUT2D eigenvalue weighted by atomic mass is 10.0. The standard InChI is InChI=1S/C22H36N2O/c1-3-4-5-6-7-8-9-10-11-19-12-14-20(15-13-19)22(25)24(2)21-16-17-23-18-21/h12-15,21,23H,3-11,16-18H2,1-2H3. The Labute approximate surface area is 154 Å². The minimum atomic E-state index is 0.146. The van der Waals surface area contributed by atoms with Crippen molar-refractivity contribution in [2.45, 2.75) is 77.2 Å². The van der Waals surface area contributed by atoms with Crippen LogP contribution in [-0.4, -0.2) is 37.0 Å². The van der Waals surface area contributed by atoms with Crippen LogP contribution in [0.5, 0.6) is 0 Å². The highest BCUT2D eigenvalue weighted by atomic mass is 16.2. The lowest BCUT2D eigenvalue weighted by Crippen LogP contribution is -2.38. The number of benzene rings is 1. The molecule has 1 atom stereocenters. The highest BCUT2D eigenvalue weighted by Gasteiger charge is 2.23. The van der Waals surface area contributed by atoms with Gasteiger partial charge < -0.3 is 10.2 Å². The van der Waals surface area contributed by atoms with Gasteiger partial charge in [-0.25, -0.2) is 0 Å². The molecular weight excluding hydrogens is 308 g/mol. The number of carbonyl (C=O) groups excluding carboxylic acids is 1. The van der Waals surface area contributed by atoms with Crippen LogP contribution in [0.4, 0.5) is 0 Å². The number of rotatable bonds is 11. The number of hydrogen-bond acceptors (Lipinski definition) is 2. The maximum atomic E-state index is 12.5. The van der Waals surface area contributed by atoms with Crippen LogP contribution in [0.25, 0.3) is 0 Å². The Kier molecular flexibility index (Phi) is 9.03. The van der Waals surface area contributed by atoms with Gasteiger partial charge in [-0.2, -0.15) is 0 Å². The Balaban J connectivity index is 1.66. The van der Waals surface area contributed by atoms with Crippen molar-refractivity contribution in [2.24, 2.45) is 0 Å². The van der Waals surface area contributed by atoms with E-state index in [9.17, 15) is 4.79 Å². The first-order valence-electron chi connectivity index (χ1n) is 10.3. The van der Waals surface area contributed by atoms with E-state index in [-0.39, 0.29) is 5.91 Å². The SMILES string of the molecule is CCCCCCCCCCc1ccc(C(=O)N(C)C2CCNC2)cc1. The van der Waals surface area contributed by atoms with Crippen molar-refractivity contribution in [3.8, 4) is 0 Å². The van der Waals surface area contributed by atoms with E-state index in [2.05, 4.69) is 24.4 Å². The summed E-state index contributed by atoms with van der Waals surface area (Å²) in [5.74, 6) is 0.146. The number of unbranched alkanes of at least 4 members (excludes halogenated alkanes) is 7. The van der Waals surface area contributed by atoms with Crippen molar-refractivity contribution in [3.05, 3.63) is 35.4 Å². The Morgan fingerprint density at radius 3 is 2.28 bits per heavy atom. The molecule has 0 spiro atoms. The minimum absolute atomic E-state index is 0.146. The molecule has 1 saturated heterocycles. The first-order valence-corrected chi connectivity index (χ1v) is 10.3. The number of aryl methyl sites for hydroxylation is 1. The summed E-state index contributed by atoms with van der Waals surface area (Å²) in [4.78, 5) is 14.4. The zero-order valence-electron chi connectivity index (χ0n) is 16.2. The molecule has 0 aromatic heterocycles. The lowest BCUT2D eigenvalue weighted by Gasteiger charge is -2.23. The maximum absolute atomic E-state index is 12.5. The fourth-order valence-corrected chi connectivity index (χ4v) is 3.62. The third-order valence-corrected chi connectivity index (χ3v) is 5.42. The molecule has 1 aliphatic rings. The van der Waals surface area contributed by atoms with E-state index in [0.29, 0.717) is 6.04 Å². The van der Waals surface area contributed by atoms with Gasteiger partial charge in [0.2, 0.25) is 0 Å². The molecule has 0 radical (unpaired) electrons. The van der Waals surface area contributed by atoms with Crippen LogP contribution >= 0.6 is 0 Å². The Morgan fingerprint density at radius 2 is 1.68 bits per heavy atom. The molecule has 140 valence electrons. The van der Waals surface area contributed by atoms with Crippen molar-refractivity contribution in [3.63, 3.8) is 0 Å². The van der Waals surface area contributed by atoms with Crippen LogP contribution in [0.15, 0.2) is 24.3 Å². The van der Waals surface area contributed by atoms with E-state index in [1.165, 1.54) is 56.9 Å². The minimum Gasteiger partial charge on any atom is -0.337 e. The Bertz CT molecular complexity index is 491. The predicted octanol–water partition coefficient (Wildman–Crippen LogP) is 4.80. The smallest absolute Gasteiger partial charge is 0.253 e. The summed E-state index contributed by atoms with van der Waals surface area (Å²) in [5.41, 5.74) is 2.17. The third-order valence-electron chi connectivity index (χ3n) is 5.42. The largest absolute Gasteiger partial charge is 0.337 e. The Morgan fingerprint density at radius 1 is 1.04 bits per heavy atom. The van der Waals surface area contributed by atoms with Crippen molar-refractivity contribution < 1.29 is 4.79 Å². The molecule has 0 bridgehead atoms. The zero-order chi connectivity index (χ0) is 17.9. The number of nitrogens with zero attached hydrogens (tertiary/aromatic N) is 1. The fourth-order valence-electron chi connectivity index (χ4n) is 3.62. The van der Waals surface area contributed by atoms with Gasteiger partial charge in [-0.3, -0.25) is 4.79 Å². The molecule has 1 aromatic rings. The molecule has 1 N–H and O–H groups in total. The van der Waals surface area contributed by atoms with E-state index < -0.39 is 0 Å². The monoisotopic (exact) mass is 344 g/mol. The van der Waals surface area contributed by atoms with E-state index in [4.69, 9.17) is 0 Å². The summed E-state index contributed by atoms with van der Waals surface area (Å²) in [6, 6.07) is 8.61. The summed E-state index contributed by atoms with van der Waals surface area (Å²) < 4.78 is 0. The number of carbonyl (C=O) groups is 1.